The van der Waals surface area contributed by atoms with Gasteiger partial charge in [0.05, 0.1) is 16.1 Å². The SMILES string of the molecule is CC(C)c1csc(NC(=O)C(C)(C)C(N)=S)n1. The van der Waals surface area contributed by atoms with Crippen molar-refractivity contribution in [3.63, 3.8) is 0 Å². The van der Waals surface area contributed by atoms with Gasteiger partial charge >= 0.3 is 0 Å². The van der Waals surface area contributed by atoms with Gasteiger partial charge in [0.2, 0.25) is 5.91 Å². The molecule has 1 heterocycles. The molecule has 0 aliphatic carbocycles. The van der Waals surface area contributed by atoms with Gasteiger partial charge in [-0.1, -0.05) is 26.1 Å². The van der Waals surface area contributed by atoms with Crippen LogP contribution >= 0.6 is 23.6 Å². The van der Waals surface area contributed by atoms with E-state index in [-0.39, 0.29) is 10.9 Å². The van der Waals surface area contributed by atoms with Gasteiger partial charge in [0, 0.05) is 5.38 Å². The zero-order chi connectivity index (χ0) is 13.2. The van der Waals surface area contributed by atoms with Gasteiger partial charge < -0.3 is 11.1 Å². The van der Waals surface area contributed by atoms with Gasteiger partial charge in [-0.15, -0.1) is 11.3 Å². The van der Waals surface area contributed by atoms with Crippen LogP contribution in [0, 0.1) is 5.41 Å². The molecule has 0 aliphatic heterocycles. The number of anilines is 1. The van der Waals surface area contributed by atoms with Crippen molar-refractivity contribution in [2.24, 2.45) is 11.1 Å². The van der Waals surface area contributed by atoms with Crippen molar-refractivity contribution in [3.05, 3.63) is 11.1 Å². The fraction of sp³-hybridized carbons (Fsp3) is 0.545. The summed E-state index contributed by atoms with van der Waals surface area (Å²) < 4.78 is 0. The fourth-order valence-electron chi connectivity index (χ4n) is 0.974. The first-order valence-corrected chi connectivity index (χ1v) is 6.60. The van der Waals surface area contributed by atoms with Crippen LogP contribution in [0.25, 0.3) is 0 Å². The van der Waals surface area contributed by atoms with E-state index in [1.165, 1.54) is 11.3 Å². The number of nitrogens with zero attached hydrogens (tertiary/aromatic N) is 1. The van der Waals surface area contributed by atoms with E-state index >= 15 is 0 Å². The van der Waals surface area contributed by atoms with E-state index in [0.717, 1.165) is 5.69 Å². The molecule has 0 radical (unpaired) electrons. The van der Waals surface area contributed by atoms with E-state index in [4.69, 9.17) is 18.0 Å². The van der Waals surface area contributed by atoms with Crippen molar-refractivity contribution in [2.75, 3.05) is 5.32 Å². The number of carbonyl (C=O) groups is 1. The van der Waals surface area contributed by atoms with Crippen LogP contribution in [0.3, 0.4) is 0 Å². The largest absolute Gasteiger partial charge is 0.392 e. The van der Waals surface area contributed by atoms with Gasteiger partial charge in [0.1, 0.15) is 0 Å². The lowest BCUT2D eigenvalue weighted by atomic mass is 9.92. The Kier molecular flexibility index (Phi) is 4.21. The van der Waals surface area contributed by atoms with Gasteiger partial charge in [0.25, 0.3) is 0 Å². The molecule has 1 aromatic heterocycles. The summed E-state index contributed by atoms with van der Waals surface area (Å²) in [6.07, 6.45) is 0. The third kappa shape index (κ3) is 3.23. The van der Waals surface area contributed by atoms with Gasteiger partial charge in [-0.25, -0.2) is 4.98 Å². The summed E-state index contributed by atoms with van der Waals surface area (Å²) in [5.41, 5.74) is 5.64. The van der Waals surface area contributed by atoms with Crippen LogP contribution in [0.15, 0.2) is 5.38 Å². The highest BCUT2D eigenvalue weighted by atomic mass is 32.1. The molecule has 3 N–H and O–H groups in total. The summed E-state index contributed by atoms with van der Waals surface area (Å²) in [7, 11) is 0. The zero-order valence-electron chi connectivity index (χ0n) is 10.4. The van der Waals surface area contributed by atoms with Crippen LogP contribution in [0.5, 0.6) is 0 Å². The Balaban J connectivity index is 2.78. The molecule has 0 bridgehead atoms. The molecule has 94 valence electrons. The van der Waals surface area contributed by atoms with E-state index in [1.54, 1.807) is 13.8 Å². The summed E-state index contributed by atoms with van der Waals surface area (Å²) in [5.74, 6) is 0.121. The number of nitrogens with two attached hydrogens (primary N) is 1. The molecule has 1 rings (SSSR count). The maximum absolute atomic E-state index is 11.9. The Morgan fingerprint density at radius 1 is 1.59 bits per heavy atom. The number of thiazole rings is 1. The average Bonchev–Trinajstić information content (AvgIpc) is 2.65. The van der Waals surface area contributed by atoms with Crippen LogP contribution in [-0.4, -0.2) is 15.9 Å². The maximum atomic E-state index is 11.9. The van der Waals surface area contributed by atoms with Crippen molar-refractivity contribution in [3.8, 4) is 0 Å². The highest BCUT2D eigenvalue weighted by Gasteiger charge is 2.31. The standard InChI is InChI=1S/C11H17N3OS2/c1-6(2)7-5-17-10(13-7)14-9(15)11(3,4)8(12)16/h5-6H,1-4H3,(H2,12,16)(H,13,14,15). The predicted octanol–water partition coefficient (Wildman–Crippen LogP) is 2.52. The quantitative estimate of drug-likeness (QED) is 0.826. The monoisotopic (exact) mass is 271 g/mol. The van der Waals surface area contributed by atoms with Crippen LogP contribution in [0.4, 0.5) is 5.13 Å². The molecular weight excluding hydrogens is 254 g/mol. The van der Waals surface area contributed by atoms with Gasteiger partial charge in [0.15, 0.2) is 5.13 Å². The number of hydrogen-bond acceptors (Lipinski definition) is 4. The predicted molar refractivity (Wildman–Crippen MR) is 75.4 cm³/mol. The second-order valence-electron chi connectivity index (χ2n) is 4.68. The topological polar surface area (TPSA) is 68.0 Å². The lowest BCUT2D eigenvalue weighted by Gasteiger charge is -2.20. The third-order valence-electron chi connectivity index (χ3n) is 2.52. The van der Waals surface area contributed by atoms with E-state index in [9.17, 15) is 4.79 Å². The fourth-order valence-corrected chi connectivity index (χ4v) is 1.93. The number of hydrogen-bond donors (Lipinski definition) is 2. The van der Waals surface area contributed by atoms with E-state index < -0.39 is 5.41 Å². The molecule has 0 fully saturated rings. The Morgan fingerprint density at radius 3 is 2.59 bits per heavy atom. The van der Waals surface area contributed by atoms with Crippen LogP contribution in [-0.2, 0) is 4.79 Å². The van der Waals surface area contributed by atoms with Crippen molar-refractivity contribution < 1.29 is 4.79 Å². The summed E-state index contributed by atoms with van der Waals surface area (Å²) in [5, 5.41) is 5.26. The Labute approximate surface area is 111 Å². The highest BCUT2D eigenvalue weighted by molar-refractivity contribution is 7.80. The van der Waals surface area contributed by atoms with Crippen molar-refractivity contribution in [2.45, 2.75) is 33.6 Å². The van der Waals surface area contributed by atoms with Gasteiger partial charge in [-0.3, -0.25) is 4.79 Å². The molecule has 1 aromatic rings. The molecule has 0 saturated heterocycles. The lowest BCUT2D eigenvalue weighted by molar-refractivity contribution is -0.121. The third-order valence-corrected chi connectivity index (χ3v) is 3.80. The molecule has 17 heavy (non-hydrogen) atoms. The molecule has 6 heteroatoms. The normalized spacial score (nSPS) is 11.6. The second-order valence-corrected chi connectivity index (χ2v) is 5.97. The highest BCUT2D eigenvalue weighted by Crippen LogP contribution is 2.24. The van der Waals surface area contributed by atoms with Crippen molar-refractivity contribution in [1.29, 1.82) is 0 Å². The van der Waals surface area contributed by atoms with Crippen LogP contribution in [0.2, 0.25) is 0 Å². The number of nitrogens with one attached hydrogen (secondary N) is 1. The summed E-state index contributed by atoms with van der Waals surface area (Å²) in [4.78, 5) is 16.4. The molecular formula is C11H17N3OS2. The lowest BCUT2D eigenvalue weighted by Crippen LogP contribution is -2.41. The number of carbonyl (C=O) groups excluding carboxylic acids is 1. The molecule has 0 saturated carbocycles. The minimum absolute atomic E-state index is 0.177. The van der Waals surface area contributed by atoms with Crippen LogP contribution in [0.1, 0.15) is 39.3 Å². The molecule has 4 nitrogen and oxygen atoms in total. The second kappa shape index (κ2) is 5.10. The number of aromatic nitrogens is 1. The Morgan fingerprint density at radius 2 is 2.18 bits per heavy atom. The first kappa shape index (κ1) is 14.1. The van der Waals surface area contributed by atoms with Crippen molar-refractivity contribution >= 4 is 39.6 Å². The molecule has 0 atom stereocenters. The van der Waals surface area contributed by atoms with Gasteiger partial charge in [-0.05, 0) is 19.8 Å². The molecule has 0 aliphatic rings. The zero-order valence-corrected chi connectivity index (χ0v) is 12.0. The van der Waals surface area contributed by atoms with E-state index in [1.807, 2.05) is 5.38 Å². The summed E-state index contributed by atoms with van der Waals surface area (Å²) >= 11 is 6.28. The Hall–Kier alpha value is -1.01. The van der Waals surface area contributed by atoms with Crippen molar-refractivity contribution in [1.82, 2.24) is 4.98 Å². The summed E-state index contributed by atoms with van der Waals surface area (Å²) in [6.45, 7) is 7.50. The Bertz CT molecular complexity index is 438. The number of rotatable bonds is 4. The molecule has 0 spiro atoms. The first-order valence-electron chi connectivity index (χ1n) is 5.32. The maximum Gasteiger partial charge on any atom is 0.238 e. The minimum Gasteiger partial charge on any atom is -0.392 e. The number of thiocarbonyl (C=S) groups is 1. The van der Waals surface area contributed by atoms with Gasteiger partial charge in [-0.2, -0.15) is 0 Å². The van der Waals surface area contributed by atoms with Crippen LogP contribution < -0.4 is 11.1 Å². The number of amides is 1. The molecule has 0 unspecified atom stereocenters. The molecule has 0 aromatic carbocycles. The van der Waals surface area contributed by atoms with E-state index in [2.05, 4.69) is 24.1 Å². The molecule has 1 amide bonds. The first-order chi connectivity index (χ1) is 7.75. The summed E-state index contributed by atoms with van der Waals surface area (Å²) in [6, 6.07) is 0. The minimum atomic E-state index is -0.862. The van der Waals surface area contributed by atoms with E-state index in [0.29, 0.717) is 11.0 Å². The smallest absolute Gasteiger partial charge is 0.238 e. The average molecular weight is 271 g/mol.